The molecule has 0 aliphatic carbocycles. The second-order valence-electron chi connectivity index (χ2n) is 3.66. The number of rotatable bonds is 2. The van der Waals surface area contributed by atoms with Crippen LogP contribution in [0.1, 0.15) is 15.9 Å². The molecule has 2 rings (SSSR count). The Morgan fingerprint density at radius 3 is 2.33 bits per heavy atom. The van der Waals surface area contributed by atoms with Crippen LogP contribution >= 0.6 is 11.6 Å². The van der Waals surface area contributed by atoms with Gasteiger partial charge in [-0.15, -0.1) is 0 Å². The molecule has 0 saturated carbocycles. The summed E-state index contributed by atoms with van der Waals surface area (Å²) in [6.07, 6.45) is 0. The second-order valence-corrected chi connectivity index (χ2v) is 4.09. The normalized spacial score (nSPS) is 10.4. The Kier molecular flexibility index (Phi) is 3.30. The number of anilines is 1. The monoisotopic (exact) mass is 267 g/mol. The van der Waals surface area contributed by atoms with Gasteiger partial charge in [-0.3, -0.25) is 4.79 Å². The number of nitrogen functional groups attached to an aromatic ring is 1. The van der Waals surface area contributed by atoms with Crippen molar-refractivity contribution < 1.29 is 13.6 Å². The third-order valence-electron chi connectivity index (χ3n) is 2.45. The van der Waals surface area contributed by atoms with E-state index in [0.717, 1.165) is 12.1 Å². The molecule has 0 saturated heterocycles. The van der Waals surface area contributed by atoms with Gasteiger partial charge in [0.2, 0.25) is 5.78 Å². The van der Waals surface area contributed by atoms with Crippen LogP contribution in [0.3, 0.4) is 0 Å². The molecule has 0 aromatic heterocycles. The quantitative estimate of drug-likeness (QED) is 0.669. The van der Waals surface area contributed by atoms with Gasteiger partial charge >= 0.3 is 0 Å². The highest BCUT2D eigenvalue weighted by molar-refractivity contribution is 6.31. The van der Waals surface area contributed by atoms with Crippen molar-refractivity contribution in [1.29, 1.82) is 0 Å². The molecule has 0 bridgehead atoms. The van der Waals surface area contributed by atoms with Gasteiger partial charge in [0.15, 0.2) is 0 Å². The summed E-state index contributed by atoms with van der Waals surface area (Å²) < 4.78 is 27.0. The number of nitrogens with two attached hydrogens (primary N) is 1. The highest BCUT2D eigenvalue weighted by Crippen LogP contribution is 2.23. The Balaban J connectivity index is 2.58. The zero-order chi connectivity index (χ0) is 13.3. The van der Waals surface area contributed by atoms with E-state index in [9.17, 15) is 13.6 Å². The Morgan fingerprint density at radius 1 is 1.11 bits per heavy atom. The molecule has 92 valence electrons. The molecule has 0 amide bonds. The lowest BCUT2D eigenvalue weighted by Crippen LogP contribution is -2.10. The Labute approximate surface area is 107 Å². The van der Waals surface area contributed by atoms with Crippen molar-refractivity contribution in [3.63, 3.8) is 0 Å². The zero-order valence-corrected chi connectivity index (χ0v) is 9.84. The molecule has 2 nitrogen and oxygen atoms in total. The fourth-order valence-corrected chi connectivity index (χ4v) is 1.75. The van der Waals surface area contributed by atoms with Gasteiger partial charge in [0.25, 0.3) is 0 Å². The number of hydrogen-bond donors (Lipinski definition) is 1. The first-order valence-electron chi connectivity index (χ1n) is 5.04. The first-order chi connectivity index (χ1) is 8.50. The largest absolute Gasteiger partial charge is 0.398 e. The SMILES string of the molecule is Nc1ccc(Cl)cc1C(=O)c1c(F)cccc1F. The van der Waals surface area contributed by atoms with Gasteiger partial charge < -0.3 is 5.73 Å². The fraction of sp³-hybridized carbons (Fsp3) is 0. The number of halogens is 3. The summed E-state index contributed by atoms with van der Waals surface area (Å²) in [4.78, 5) is 12.0. The summed E-state index contributed by atoms with van der Waals surface area (Å²) in [5, 5.41) is 0.268. The molecular weight excluding hydrogens is 260 g/mol. The summed E-state index contributed by atoms with van der Waals surface area (Å²) in [6, 6.07) is 7.39. The number of carbonyl (C=O) groups excluding carboxylic acids is 1. The molecule has 5 heteroatoms. The molecule has 0 fully saturated rings. The number of benzene rings is 2. The molecule has 2 aromatic rings. The average Bonchev–Trinajstić information content (AvgIpc) is 2.32. The van der Waals surface area contributed by atoms with E-state index >= 15 is 0 Å². The van der Waals surface area contributed by atoms with E-state index in [1.165, 1.54) is 24.3 Å². The lowest BCUT2D eigenvalue weighted by molar-refractivity contribution is 0.103. The van der Waals surface area contributed by atoms with E-state index in [2.05, 4.69) is 0 Å². The van der Waals surface area contributed by atoms with Crippen molar-refractivity contribution >= 4 is 23.1 Å². The van der Waals surface area contributed by atoms with Gasteiger partial charge in [0.1, 0.15) is 11.6 Å². The van der Waals surface area contributed by atoms with Crippen molar-refractivity contribution in [2.45, 2.75) is 0 Å². The molecule has 0 atom stereocenters. The summed E-state index contributed by atoms with van der Waals surface area (Å²) in [7, 11) is 0. The molecule has 0 aliphatic rings. The molecule has 18 heavy (non-hydrogen) atoms. The van der Waals surface area contributed by atoms with E-state index in [4.69, 9.17) is 17.3 Å². The van der Waals surface area contributed by atoms with Crippen molar-refractivity contribution in [3.8, 4) is 0 Å². The third kappa shape index (κ3) is 2.19. The number of carbonyl (C=O) groups is 1. The molecule has 0 heterocycles. The van der Waals surface area contributed by atoms with Gasteiger partial charge in [-0.05, 0) is 30.3 Å². The summed E-state index contributed by atoms with van der Waals surface area (Å²) >= 11 is 5.73. The minimum absolute atomic E-state index is 0.0218. The van der Waals surface area contributed by atoms with Crippen LogP contribution in [-0.4, -0.2) is 5.78 Å². The molecule has 2 aromatic carbocycles. The van der Waals surface area contributed by atoms with Crippen LogP contribution in [-0.2, 0) is 0 Å². The minimum Gasteiger partial charge on any atom is -0.398 e. The van der Waals surface area contributed by atoms with Gasteiger partial charge in [-0.25, -0.2) is 8.78 Å². The maximum atomic E-state index is 13.5. The highest BCUT2D eigenvalue weighted by atomic mass is 35.5. The van der Waals surface area contributed by atoms with Gasteiger partial charge in [0.05, 0.1) is 5.56 Å². The van der Waals surface area contributed by atoms with Crippen molar-refractivity contribution in [3.05, 3.63) is 64.2 Å². The molecule has 0 aliphatic heterocycles. The topological polar surface area (TPSA) is 43.1 Å². The third-order valence-corrected chi connectivity index (χ3v) is 2.68. The average molecular weight is 268 g/mol. The number of ketones is 1. The minimum atomic E-state index is -0.931. The summed E-state index contributed by atoms with van der Waals surface area (Å²) in [5.74, 6) is -2.69. The Bertz CT molecular complexity index is 608. The zero-order valence-electron chi connectivity index (χ0n) is 9.08. The fourth-order valence-electron chi connectivity index (χ4n) is 1.57. The van der Waals surface area contributed by atoms with Crippen LogP contribution < -0.4 is 5.73 Å². The van der Waals surface area contributed by atoms with Crippen molar-refractivity contribution in [2.24, 2.45) is 0 Å². The van der Waals surface area contributed by atoms with Crippen molar-refractivity contribution in [1.82, 2.24) is 0 Å². The number of hydrogen-bond acceptors (Lipinski definition) is 2. The lowest BCUT2D eigenvalue weighted by Gasteiger charge is -2.07. The van der Waals surface area contributed by atoms with Crippen LogP contribution in [0.25, 0.3) is 0 Å². The van der Waals surface area contributed by atoms with Crippen LogP contribution in [0.4, 0.5) is 14.5 Å². The first kappa shape index (κ1) is 12.5. The standard InChI is InChI=1S/C13H8ClF2NO/c14-7-4-5-11(17)8(6-7)13(18)12-9(15)2-1-3-10(12)16/h1-6H,17H2. The van der Waals surface area contributed by atoms with Crippen LogP contribution in [0.2, 0.25) is 5.02 Å². The van der Waals surface area contributed by atoms with E-state index in [-0.39, 0.29) is 16.3 Å². The predicted octanol–water partition coefficient (Wildman–Crippen LogP) is 3.43. The van der Waals surface area contributed by atoms with Gasteiger partial charge in [0, 0.05) is 16.3 Å². The first-order valence-corrected chi connectivity index (χ1v) is 5.42. The smallest absolute Gasteiger partial charge is 0.201 e. The molecular formula is C13H8ClF2NO. The van der Waals surface area contributed by atoms with Crippen LogP contribution in [0.5, 0.6) is 0 Å². The van der Waals surface area contributed by atoms with Gasteiger partial charge in [-0.2, -0.15) is 0 Å². The highest BCUT2D eigenvalue weighted by Gasteiger charge is 2.20. The van der Waals surface area contributed by atoms with Crippen LogP contribution in [0, 0.1) is 11.6 Å². The van der Waals surface area contributed by atoms with Gasteiger partial charge in [-0.1, -0.05) is 17.7 Å². The van der Waals surface area contributed by atoms with Crippen molar-refractivity contribution in [2.75, 3.05) is 5.73 Å². The second kappa shape index (κ2) is 4.74. The Hall–Kier alpha value is -1.94. The van der Waals surface area contributed by atoms with E-state index in [0.29, 0.717) is 0 Å². The lowest BCUT2D eigenvalue weighted by atomic mass is 10.0. The van der Waals surface area contributed by atoms with E-state index < -0.39 is 23.0 Å². The maximum Gasteiger partial charge on any atom is 0.201 e. The maximum absolute atomic E-state index is 13.5. The molecule has 0 unspecified atom stereocenters. The molecule has 2 N–H and O–H groups in total. The van der Waals surface area contributed by atoms with Crippen LogP contribution in [0.15, 0.2) is 36.4 Å². The molecule has 0 spiro atoms. The summed E-state index contributed by atoms with van der Waals surface area (Å²) in [6.45, 7) is 0. The van der Waals surface area contributed by atoms with E-state index in [1.54, 1.807) is 0 Å². The Morgan fingerprint density at radius 2 is 1.72 bits per heavy atom. The predicted molar refractivity (Wildman–Crippen MR) is 65.7 cm³/mol. The summed E-state index contributed by atoms with van der Waals surface area (Å²) in [5.41, 5.74) is 5.07. The van der Waals surface area contributed by atoms with E-state index in [1.807, 2.05) is 0 Å². The molecule has 0 radical (unpaired) electrons.